The van der Waals surface area contributed by atoms with E-state index in [4.69, 9.17) is 0 Å². The number of aromatic nitrogens is 2. The summed E-state index contributed by atoms with van der Waals surface area (Å²) in [6, 6.07) is 20.9. The zero-order valence-corrected chi connectivity index (χ0v) is 12.4. The topological polar surface area (TPSA) is 66.9 Å². The van der Waals surface area contributed by atoms with Gasteiger partial charge < -0.3 is 10.6 Å². The second kappa shape index (κ2) is 7.17. The zero-order chi connectivity index (χ0) is 15.9. The number of anilines is 2. The van der Waals surface area contributed by atoms with E-state index in [1.807, 2.05) is 60.7 Å². The molecular weight excluding hydrogens is 288 g/mol. The van der Waals surface area contributed by atoms with Crippen LogP contribution in [0.5, 0.6) is 0 Å². The highest BCUT2D eigenvalue weighted by Crippen LogP contribution is 2.11. The van der Waals surface area contributed by atoms with Crippen molar-refractivity contribution in [1.82, 2.24) is 15.3 Å². The molecule has 2 aromatic carbocycles. The molecule has 0 atom stereocenters. The van der Waals surface area contributed by atoms with Crippen LogP contribution in [0.3, 0.4) is 0 Å². The Hall–Kier alpha value is -3.21. The Morgan fingerprint density at radius 2 is 1.61 bits per heavy atom. The third-order valence-corrected chi connectivity index (χ3v) is 3.21. The van der Waals surface area contributed by atoms with Crippen LogP contribution < -0.4 is 10.6 Å². The number of hydrogen-bond acceptors (Lipinski definition) is 4. The zero-order valence-electron chi connectivity index (χ0n) is 12.4. The third kappa shape index (κ3) is 4.14. The van der Waals surface area contributed by atoms with Crippen LogP contribution in [-0.4, -0.2) is 15.9 Å². The molecule has 0 radical (unpaired) electrons. The maximum Gasteiger partial charge on any atom is 0.270 e. The first kappa shape index (κ1) is 14.7. The summed E-state index contributed by atoms with van der Waals surface area (Å²) in [4.78, 5) is 20.6. The van der Waals surface area contributed by atoms with Gasteiger partial charge in [-0.25, -0.2) is 9.97 Å². The minimum Gasteiger partial charge on any atom is -0.347 e. The van der Waals surface area contributed by atoms with Gasteiger partial charge in [-0.15, -0.1) is 0 Å². The number of benzene rings is 2. The number of carbonyl (C=O) groups excluding carboxylic acids is 1. The van der Waals surface area contributed by atoms with Gasteiger partial charge in [-0.2, -0.15) is 0 Å². The number of amides is 1. The molecule has 0 aliphatic rings. The van der Waals surface area contributed by atoms with Crippen LogP contribution in [0, 0.1) is 0 Å². The van der Waals surface area contributed by atoms with E-state index in [0.717, 1.165) is 11.3 Å². The number of nitrogens with zero attached hydrogens (tertiary/aromatic N) is 2. The molecule has 5 heteroatoms. The predicted octanol–water partition coefficient (Wildman–Crippen LogP) is 3.15. The van der Waals surface area contributed by atoms with Crippen LogP contribution in [0.2, 0.25) is 0 Å². The van der Waals surface area contributed by atoms with E-state index in [2.05, 4.69) is 20.6 Å². The number of rotatable bonds is 5. The summed E-state index contributed by atoms with van der Waals surface area (Å²) in [5, 5.41) is 5.92. The van der Waals surface area contributed by atoms with Gasteiger partial charge in [0.1, 0.15) is 5.69 Å². The molecule has 0 saturated heterocycles. The second-order valence-corrected chi connectivity index (χ2v) is 4.92. The largest absolute Gasteiger partial charge is 0.347 e. The van der Waals surface area contributed by atoms with Crippen molar-refractivity contribution in [3.8, 4) is 0 Å². The molecule has 0 saturated carbocycles. The smallest absolute Gasteiger partial charge is 0.270 e. The first-order valence-corrected chi connectivity index (χ1v) is 7.28. The Morgan fingerprint density at radius 1 is 0.913 bits per heavy atom. The molecule has 3 aromatic rings. The van der Waals surface area contributed by atoms with Gasteiger partial charge in [0, 0.05) is 18.4 Å². The molecule has 0 bridgehead atoms. The van der Waals surface area contributed by atoms with Crippen molar-refractivity contribution in [2.45, 2.75) is 6.54 Å². The first-order chi connectivity index (χ1) is 11.3. The highest BCUT2D eigenvalue weighted by molar-refractivity contribution is 5.92. The molecule has 0 fully saturated rings. The third-order valence-electron chi connectivity index (χ3n) is 3.21. The van der Waals surface area contributed by atoms with Crippen LogP contribution in [0.4, 0.5) is 11.6 Å². The summed E-state index contributed by atoms with van der Waals surface area (Å²) in [6.07, 6.45) is 1.57. The van der Waals surface area contributed by atoms with Gasteiger partial charge in [0.2, 0.25) is 5.95 Å². The lowest BCUT2D eigenvalue weighted by molar-refractivity contribution is 0.0946. The van der Waals surface area contributed by atoms with E-state index < -0.39 is 0 Å². The molecule has 0 aliphatic heterocycles. The van der Waals surface area contributed by atoms with E-state index in [0.29, 0.717) is 18.2 Å². The maximum atomic E-state index is 12.2. The molecular formula is C18H16N4O. The van der Waals surface area contributed by atoms with Crippen molar-refractivity contribution < 1.29 is 4.79 Å². The Balaban J connectivity index is 1.65. The van der Waals surface area contributed by atoms with E-state index in [1.54, 1.807) is 12.3 Å². The van der Waals surface area contributed by atoms with Crippen LogP contribution in [0.15, 0.2) is 72.9 Å². The maximum absolute atomic E-state index is 12.2. The lowest BCUT2D eigenvalue weighted by Crippen LogP contribution is -2.24. The van der Waals surface area contributed by atoms with Crippen LogP contribution >= 0.6 is 0 Å². The molecule has 2 N–H and O–H groups in total. The molecule has 1 heterocycles. The highest BCUT2D eigenvalue weighted by Gasteiger charge is 2.08. The predicted molar refractivity (Wildman–Crippen MR) is 89.4 cm³/mol. The lowest BCUT2D eigenvalue weighted by Gasteiger charge is -2.07. The van der Waals surface area contributed by atoms with E-state index in [9.17, 15) is 4.79 Å². The van der Waals surface area contributed by atoms with Crippen molar-refractivity contribution >= 4 is 17.5 Å². The quantitative estimate of drug-likeness (QED) is 0.760. The molecule has 3 rings (SSSR count). The van der Waals surface area contributed by atoms with Gasteiger partial charge in [0.05, 0.1) is 0 Å². The minimum atomic E-state index is -0.229. The van der Waals surface area contributed by atoms with Crippen LogP contribution in [0.1, 0.15) is 16.1 Å². The van der Waals surface area contributed by atoms with E-state index in [1.165, 1.54) is 0 Å². The molecule has 1 aromatic heterocycles. The molecule has 0 spiro atoms. The Labute approximate surface area is 134 Å². The van der Waals surface area contributed by atoms with Gasteiger partial charge in [0.25, 0.3) is 5.91 Å². The second-order valence-electron chi connectivity index (χ2n) is 4.92. The van der Waals surface area contributed by atoms with Gasteiger partial charge in [-0.1, -0.05) is 48.5 Å². The number of para-hydroxylation sites is 1. The van der Waals surface area contributed by atoms with Crippen molar-refractivity contribution in [3.63, 3.8) is 0 Å². The minimum absolute atomic E-state index is 0.229. The Bertz CT molecular complexity index is 775. The Kier molecular flexibility index (Phi) is 4.59. The van der Waals surface area contributed by atoms with Crippen molar-refractivity contribution in [3.05, 3.63) is 84.2 Å². The summed E-state index contributed by atoms with van der Waals surface area (Å²) in [6.45, 7) is 0.463. The average Bonchev–Trinajstić information content (AvgIpc) is 2.62. The molecule has 5 nitrogen and oxygen atoms in total. The Morgan fingerprint density at radius 3 is 2.35 bits per heavy atom. The number of carbonyl (C=O) groups is 1. The van der Waals surface area contributed by atoms with Crippen molar-refractivity contribution in [2.75, 3.05) is 5.32 Å². The van der Waals surface area contributed by atoms with Crippen LogP contribution in [0.25, 0.3) is 0 Å². The average molecular weight is 304 g/mol. The van der Waals surface area contributed by atoms with Crippen molar-refractivity contribution in [1.29, 1.82) is 0 Å². The fourth-order valence-corrected chi connectivity index (χ4v) is 2.06. The molecule has 114 valence electrons. The molecule has 0 unspecified atom stereocenters. The van der Waals surface area contributed by atoms with Gasteiger partial charge in [0.15, 0.2) is 0 Å². The first-order valence-electron chi connectivity index (χ1n) is 7.28. The summed E-state index contributed by atoms with van der Waals surface area (Å²) >= 11 is 0. The van der Waals surface area contributed by atoms with Gasteiger partial charge >= 0.3 is 0 Å². The van der Waals surface area contributed by atoms with Crippen LogP contribution in [-0.2, 0) is 6.54 Å². The number of hydrogen-bond donors (Lipinski definition) is 2. The number of nitrogens with one attached hydrogen (secondary N) is 2. The SMILES string of the molecule is O=C(NCc1ccccc1)c1ccnc(Nc2ccccc2)n1. The fraction of sp³-hybridized carbons (Fsp3) is 0.0556. The monoisotopic (exact) mass is 304 g/mol. The fourth-order valence-electron chi connectivity index (χ4n) is 2.06. The van der Waals surface area contributed by atoms with E-state index in [-0.39, 0.29) is 5.91 Å². The normalized spacial score (nSPS) is 10.1. The van der Waals surface area contributed by atoms with Gasteiger partial charge in [-0.3, -0.25) is 4.79 Å². The molecule has 0 aliphatic carbocycles. The summed E-state index contributed by atoms with van der Waals surface area (Å²) in [7, 11) is 0. The van der Waals surface area contributed by atoms with E-state index >= 15 is 0 Å². The summed E-state index contributed by atoms with van der Waals surface area (Å²) in [5.41, 5.74) is 2.24. The van der Waals surface area contributed by atoms with Gasteiger partial charge in [-0.05, 0) is 23.8 Å². The lowest BCUT2D eigenvalue weighted by atomic mass is 10.2. The summed E-state index contributed by atoms with van der Waals surface area (Å²) in [5.74, 6) is 0.163. The molecule has 1 amide bonds. The highest BCUT2D eigenvalue weighted by atomic mass is 16.1. The standard InChI is InChI=1S/C18H16N4O/c23-17(20-13-14-7-3-1-4-8-14)16-11-12-19-18(22-16)21-15-9-5-2-6-10-15/h1-12H,13H2,(H,20,23)(H,19,21,22). The molecule has 23 heavy (non-hydrogen) atoms. The summed E-state index contributed by atoms with van der Waals surface area (Å²) < 4.78 is 0. The van der Waals surface area contributed by atoms with Crippen molar-refractivity contribution in [2.24, 2.45) is 0 Å².